The summed E-state index contributed by atoms with van der Waals surface area (Å²) in [4.78, 5) is 10.5. The van der Waals surface area contributed by atoms with Crippen LogP contribution in [0.15, 0.2) is 27.1 Å². The maximum Gasteiger partial charge on any atom is 0.185 e. The maximum absolute atomic E-state index is 13.4. The molecular weight excluding hydrogens is 317 g/mol. The van der Waals surface area contributed by atoms with E-state index in [1.54, 1.807) is 0 Å². The summed E-state index contributed by atoms with van der Waals surface area (Å²) in [5.41, 5.74) is 0.165. The number of rotatable bonds is 2. The van der Waals surface area contributed by atoms with E-state index in [2.05, 4.69) is 15.9 Å². The van der Waals surface area contributed by atoms with Crippen molar-refractivity contribution >= 4 is 33.8 Å². The summed E-state index contributed by atoms with van der Waals surface area (Å²) in [6.45, 7) is 0. The molecule has 17 heavy (non-hydrogen) atoms. The Morgan fingerprint density at radius 2 is 2.06 bits per heavy atom. The molecule has 2 nitrogen and oxygen atoms in total. The third kappa shape index (κ3) is 2.12. The molecule has 0 N–H and O–H groups in total. The van der Waals surface area contributed by atoms with Crippen LogP contribution in [0.25, 0.3) is 11.3 Å². The zero-order valence-corrected chi connectivity index (χ0v) is 10.5. The quantitative estimate of drug-likeness (QED) is 0.464. The van der Waals surface area contributed by atoms with E-state index in [9.17, 15) is 13.6 Å². The summed E-state index contributed by atoms with van der Waals surface area (Å²) < 4.78 is 31.3. The molecule has 1 aromatic carbocycles. The average molecular weight is 322 g/mol. The Morgan fingerprint density at radius 3 is 2.65 bits per heavy atom. The molecule has 1 heterocycles. The van der Waals surface area contributed by atoms with Crippen LogP contribution < -0.4 is 0 Å². The molecule has 0 saturated carbocycles. The zero-order valence-electron chi connectivity index (χ0n) is 8.14. The Balaban J connectivity index is 2.66. The number of benzene rings is 1. The normalized spacial score (nSPS) is 10.6. The lowest BCUT2D eigenvalue weighted by atomic mass is 10.1. The maximum atomic E-state index is 13.4. The number of hydrogen-bond acceptors (Lipinski definition) is 2. The van der Waals surface area contributed by atoms with Gasteiger partial charge in [0.2, 0.25) is 0 Å². The number of hydrogen-bond donors (Lipinski definition) is 0. The third-order valence-corrected chi connectivity index (χ3v) is 3.15. The van der Waals surface area contributed by atoms with Crippen LogP contribution in [0.4, 0.5) is 8.78 Å². The van der Waals surface area contributed by atoms with Gasteiger partial charge in [0.1, 0.15) is 5.76 Å². The van der Waals surface area contributed by atoms with E-state index in [1.165, 1.54) is 12.1 Å². The second-order valence-electron chi connectivity index (χ2n) is 3.16. The topological polar surface area (TPSA) is 30.2 Å². The monoisotopic (exact) mass is 320 g/mol. The van der Waals surface area contributed by atoms with Crippen LogP contribution >= 0.6 is 27.5 Å². The van der Waals surface area contributed by atoms with Crippen LogP contribution in [0.2, 0.25) is 5.02 Å². The molecule has 0 unspecified atom stereocenters. The predicted octanol–water partition coefficient (Wildman–Crippen LogP) is 4.45. The largest absolute Gasteiger partial charge is 0.453 e. The minimum absolute atomic E-state index is 0.0115. The van der Waals surface area contributed by atoms with Gasteiger partial charge in [0, 0.05) is 0 Å². The van der Waals surface area contributed by atoms with Crippen molar-refractivity contribution in [3.8, 4) is 11.3 Å². The van der Waals surface area contributed by atoms with Crippen molar-refractivity contribution in [2.24, 2.45) is 0 Å². The van der Waals surface area contributed by atoms with Gasteiger partial charge in [-0.25, -0.2) is 8.78 Å². The molecule has 0 saturated heterocycles. The Hall–Kier alpha value is -1.20. The minimum Gasteiger partial charge on any atom is -0.453 e. The van der Waals surface area contributed by atoms with Gasteiger partial charge in [-0.05, 0) is 34.1 Å². The molecule has 0 aliphatic heterocycles. The number of furan rings is 1. The molecule has 0 bridgehead atoms. The lowest BCUT2D eigenvalue weighted by molar-refractivity contribution is 0.110. The second-order valence-corrected chi connectivity index (χ2v) is 4.36. The highest BCUT2D eigenvalue weighted by Gasteiger charge is 2.19. The van der Waals surface area contributed by atoms with Gasteiger partial charge < -0.3 is 4.42 Å². The van der Waals surface area contributed by atoms with Gasteiger partial charge in [0.25, 0.3) is 0 Å². The summed E-state index contributed by atoms with van der Waals surface area (Å²) in [7, 11) is 0. The van der Waals surface area contributed by atoms with Crippen molar-refractivity contribution in [1.29, 1.82) is 0 Å². The fourth-order valence-electron chi connectivity index (χ4n) is 1.34. The smallest absolute Gasteiger partial charge is 0.185 e. The highest BCUT2D eigenvalue weighted by atomic mass is 79.9. The van der Waals surface area contributed by atoms with Crippen molar-refractivity contribution < 1.29 is 18.0 Å². The van der Waals surface area contributed by atoms with Crippen LogP contribution in [0, 0.1) is 11.6 Å². The summed E-state index contributed by atoms with van der Waals surface area (Å²) in [5.74, 6) is -1.86. The lowest BCUT2D eigenvalue weighted by Crippen LogP contribution is -1.90. The lowest BCUT2D eigenvalue weighted by Gasteiger charge is -2.06. The predicted molar refractivity (Wildman–Crippen MR) is 62.2 cm³/mol. The molecular formula is C11H4BrClF2O2. The SMILES string of the molecule is O=Cc1ccc(-c2c(Cl)cc(F)c(F)c2Br)o1. The molecule has 6 heteroatoms. The van der Waals surface area contributed by atoms with Crippen molar-refractivity contribution in [1.82, 2.24) is 0 Å². The first-order valence-electron chi connectivity index (χ1n) is 4.43. The van der Waals surface area contributed by atoms with Gasteiger partial charge in [0.15, 0.2) is 23.7 Å². The van der Waals surface area contributed by atoms with Gasteiger partial charge in [-0.2, -0.15) is 0 Å². The second kappa shape index (κ2) is 4.58. The van der Waals surface area contributed by atoms with Crippen LogP contribution in [0.5, 0.6) is 0 Å². The van der Waals surface area contributed by atoms with E-state index in [-0.39, 0.29) is 26.6 Å². The summed E-state index contributed by atoms with van der Waals surface area (Å²) >= 11 is 8.71. The van der Waals surface area contributed by atoms with Gasteiger partial charge in [-0.3, -0.25) is 4.79 Å². The molecule has 0 atom stereocenters. The number of aldehydes is 1. The molecule has 0 amide bonds. The number of halogens is 4. The van der Waals surface area contributed by atoms with Gasteiger partial charge in [-0.1, -0.05) is 11.6 Å². The van der Waals surface area contributed by atoms with Crippen molar-refractivity contribution in [3.63, 3.8) is 0 Å². The molecule has 0 radical (unpaired) electrons. The first-order chi connectivity index (χ1) is 8.04. The molecule has 2 rings (SSSR count). The van der Waals surface area contributed by atoms with E-state index < -0.39 is 11.6 Å². The minimum atomic E-state index is -1.06. The molecule has 1 aromatic heterocycles. The van der Waals surface area contributed by atoms with Crippen LogP contribution in [0.3, 0.4) is 0 Å². The van der Waals surface area contributed by atoms with Crippen molar-refractivity contribution in [3.05, 3.63) is 45.1 Å². The highest BCUT2D eigenvalue weighted by Crippen LogP contribution is 2.38. The first-order valence-corrected chi connectivity index (χ1v) is 5.60. The Kier molecular flexibility index (Phi) is 3.31. The number of carbonyl (C=O) groups excluding carboxylic acids is 1. The van der Waals surface area contributed by atoms with E-state index in [4.69, 9.17) is 16.0 Å². The Labute approximate surface area is 108 Å². The van der Waals surface area contributed by atoms with Gasteiger partial charge in [0.05, 0.1) is 15.1 Å². The van der Waals surface area contributed by atoms with E-state index in [0.29, 0.717) is 6.29 Å². The number of carbonyl (C=O) groups is 1. The highest BCUT2D eigenvalue weighted by molar-refractivity contribution is 9.10. The van der Waals surface area contributed by atoms with E-state index >= 15 is 0 Å². The van der Waals surface area contributed by atoms with Gasteiger partial charge >= 0.3 is 0 Å². The van der Waals surface area contributed by atoms with Crippen molar-refractivity contribution in [2.45, 2.75) is 0 Å². The Morgan fingerprint density at radius 1 is 1.35 bits per heavy atom. The Bertz CT molecular complexity index is 595. The molecule has 0 spiro atoms. The molecule has 2 aromatic rings. The first kappa shape index (κ1) is 12.3. The van der Waals surface area contributed by atoms with Gasteiger partial charge in [-0.15, -0.1) is 0 Å². The molecule has 0 aliphatic rings. The van der Waals surface area contributed by atoms with Crippen LogP contribution in [0.1, 0.15) is 10.6 Å². The zero-order chi connectivity index (χ0) is 12.6. The summed E-state index contributed by atoms with van der Waals surface area (Å²) in [6, 6.07) is 3.71. The van der Waals surface area contributed by atoms with E-state index in [1.807, 2.05) is 0 Å². The molecule has 88 valence electrons. The summed E-state index contributed by atoms with van der Waals surface area (Å²) in [6.07, 6.45) is 0.505. The van der Waals surface area contributed by atoms with Crippen LogP contribution in [-0.2, 0) is 0 Å². The van der Waals surface area contributed by atoms with Crippen LogP contribution in [-0.4, -0.2) is 6.29 Å². The standard InChI is InChI=1S/C11H4BrClF2O2/c12-10-9(6(13)3-7(14)11(10)15)8-2-1-5(4-16)17-8/h1-4H. The molecule has 0 aliphatic carbocycles. The summed E-state index contributed by atoms with van der Waals surface area (Å²) in [5, 5.41) is -0.0115. The van der Waals surface area contributed by atoms with Crippen molar-refractivity contribution in [2.75, 3.05) is 0 Å². The fraction of sp³-hybridized carbons (Fsp3) is 0. The third-order valence-electron chi connectivity index (χ3n) is 2.10. The fourth-order valence-corrected chi connectivity index (χ4v) is 2.34. The average Bonchev–Trinajstić information content (AvgIpc) is 2.74. The molecule has 0 fully saturated rings. The van der Waals surface area contributed by atoms with E-state index in [0.717, 1.165) is 6.07 Å².